The first-order valence-corrected chi connectivity index (χ1v) is 5.08. The number of fused-ring (bicyclic) bond motifs is 1. The maximum absolute atomic E-state index is 12.8. The molecule has 0 amide bonds. The molecule has 1 heterocycles. The van der Waals surface area contributed by atoms with Gasteiger partial charge in [-0.05, 0) is 35.1 Å². The van der Waals surface area contributed by atoms with E-state index in [9.17, 15) is 13.2 Å². The first-order valence-electron chi connectivity index (χ1n) is 5.08. The molecule has 1 aromatic heterocycles. The zero-order chi connectivity index (χ0) is 11.9. The molecule has 0 fully saturated rings. The van der Waals surface area contributed by atoms with Crippen LogP contribution in [-0.2, 0) is 6.18 Å². The maximum atomic E-state index is 12.8. The van der Waals surface area contributed by atoms with Gasteiger partial charge in [-0.25, -0.2) is 0 Å². The molecule has 0 aliphatic heterocycles. The molecule has 2 rings (SSSR count). The van der Waals surface area contributed by atoms with Crippen molar-refractivity contribution in [1.29, 1.82) is 0 Å². The summed E-state index contributed by atoms with van der Waals surface area (Å²) in [5.41, 5.74) is 0.550. The third kappa shape index (κ3) is 1.79. The Bertz CT molecular complexity index is 508. The van der Waals surface area contributed by atoms with Crippen LogP contribution in [0.2, 0.25) is 0 Å². The molecule has 16 heavy (non-hydrogen) atoms. The number of H-pyrrole nitrogens is 1. The molecule has 0 saturated carbocycles. The van der Waals surface area contributed by atoms with Gasteiger partial charge in [-0.3, -0.25) is 0 Å². The summed E-state index contributed by atoms with van der Waals surface area (Å²) in [6.45, 7) is 3.53. The van der Waals surface area contributed by atoms with Gasteiger partial charge < -0.3 is 4.98 Å². The highest BCUT2D eigenvalue weighted by Gasteiger charge is 2.34. The molecule has 0 spiro atoms. The van der Waals surface area contributed by atoms with E-state index < -0.39 is 11.7 Å². The van der Waals surface area contributed by atoms with Crippen molar-refractivity contribution in [1.82, 2.24) is 4.98 Å². The summed E-state index contributed by atoms with van der Waals surface area (Å²) in [5.74, 6) is -0.149. The van der Waals surface area contributed by atoms with Crippen molar-refractivity contribution in [3.8, 4) is 0 Å². The summed E-state index contributed by atoms with van der Waals surface area (Å²) >= 11 is 0. The molecule has 2 aromatic rings. The Labute approximate surface area is 91.3 Å². The number of hydrogen-bond acceptors (Lipinski definition) is 0. The van der Waals surface area contributed by atoms with E-state index in [4.69, 9.17) is 0 Å². The lowest BCUT2D eigenvalue weighted by Crippen LogP contribution is -2.10. The van der Waals surface area contributed by atoms with E-state index in [1.54, 1.807) is 32.2 Å². The number of hydrogen-bond donors (Lipinski definition) is 1. The van der Waals surface area contributed by atoms with Gasteiger partial charge >= 0.3 is 6.18 Å². The molecule has 86 valence electrons. The lowest BCUT2D eigenvalue weighted by molar-refractivity contribution is -0.138. The zero-order valence-electron chi connectivity index (χ0n) is 9.02. The van der Waals surface area contributed by atoms with Crippen LogP contribution < -0.4 is 0 Å². The second-order valence-corrected chi connectivity index (χ2v) is 4.16. The van der Waals surface area contributed by atoms with Gasteiger partial charge in [0.2, 0.25) is 0 Å². The Morgan fingerprint density at radius 3 is 2.44 bits per heavy atom. The SMILES string of the molecule is CC(C)c1cc2[nH]ccc2cc1C(F)(F)F. The minimum Gasteiger partial charge on any atom is -0.361 e. The van der Waals surface area contributed by atoms with Gasteiger partial charge in [0, 0.05) is 11.7 Å². The predicted octanol–water partition coefficient (Wildman–Crippen LogP) is 4.31. The van der Waals surface area contributed by atoms with Crippen molar-refractivity contribution in [2.24, 2.45) is 0 Å². The zero-order valence-corrected chi connectivity index (χ0v) is 9.02. The molecule has 0 radical (unpaired) electrons. The van der Waals surface area contributed by atoms with E-state index in [-0.39, 0.29) is 5.92 Å². The van der Waals surface area contributed by atoms with Crippen molar-refractivity contribution in [3.05, 3.63) is 35.5 Å². The van der Waals surface area contributed by atoms with Gasteiger partial charge in [-0.1, -0.05) is 13.8 Å². The topological polar surface area (TPSA) is 15.8 Å². The van der Waals surface area contributed by atoms with Gasteiger partial charge in [-0.2, -0.15) is 13.2 Å². The molecule has 1 aromatic carbocycles. The average Bonchev–Trinajstić information content (AvgIpc) is 2.60. The van der Waals surface area contributed by atoms with Gasteiger partial charge in [0.15, 0.2) is 0 Å². The van der Waals surface area contributed by atoms with Crippen molar-refractivity contribution in [2.45, 2.75) is 25.9 Å². The molecule has 4 heteroatoms. The molecule has 0 aliphatic rings. The molecule has 0 saturated heterocycles. The lowest BCUT2D eigenvalue weighted by atomic mass is 9.95. The van der Waals surface area contributed by atoms with E-state index >= 15 is 0 Å². The highest BCUT2D eigenvalue weighted by molar-refractivity contribution is 5.81. The third-order valence-corrected chi connectivity index (χ3v) is 2.65. The van der Waals surface area contributed by atoms with Gasteiger partial charge in [-0.15, -0.1) is 0 Å². The van der Waals surface area contributed by atoms with Crippen LogP contribution in [0.5, 0.6) is 0 Å². The Morgan fingerprint density at radius 2 is 1.88 bits per heavy atom. The van der Waals surface area contributed by atoms with Crippen LogP contribution in [0.4, 0.5) is 13.2 Å². The normalized spacial score (nSPS) is 12.6. The van der Waals surface area contributed by atoms with Crippen molar-refractivity contribution in [2.75, 3.05) is 0 Å². The van der Waals surface area contributed by atoms with E-state index in [0.717, 1.165) is 5.52 Å². The van der Waals surface area contributed by atoms with Crippen LogP contribution in [-0.4, -0.2) is 4.98 Å². The highest BCUT2D eigenvalue weighted by atomic mass is 19.4. The molecular formula is C12H12F3N. The Kier molecular flexibility index (Phi) is 2.45. The van der Waals surface area contributed by atoms with Crippen LogP contribution in [0, 0.1) is 0 Å². The summed E-state index contributed by atoms with van der Waals surface area (Å²) < 4.78 is 38.5. The molecular weight excluding hydrogens is 215 g/mol. The highest BCUT2D eigenvalue weighted by Crippen LogP contribution is 2.37. The van der Waals surface area contributed by atoms with Crippen molar-refractivity contribution in [3.63, 3.8) is 0 Å². The quantitative estimate of drug-likeness (QED) is 0.747. The van der Waals surface area contributed by atoms with Crippen molar-refractivity contribution >= 4 is 10.9 Å². The number of aromatic amines is 1. The first-order chi connectivity index (χ1) is 7.39. The van der Waals surface area contributed by atoms with Crippen LogP contribution in [0.3, 0.4) is 0 Å². The monoisotopic (exact) mass is 227 g/mol. The lowest BCUT2D eigenvalue weighted by Gasteiger charge is -2.15. The predicted molar refractivity (Wildman–Crippen MR) is 57.4 cm³/mol. The van der Waals surface area contributed by atoms with E-state index in [2.05, 4.69) is 4.98 Å². The summed E-state index contributed by atoms with van der Waals surface area (Å²) in [6.07, 6.45) is -2.64. The second kappa shape index (κ2) is 3.54. The summed E-state index contributed by atoms with van der Waals surface area (Å²) in [6, 6.07) is 4.44. The summed E-state index contributed by atoms with van der Waals surface area (Å²) in [7, 11) is 0. The van der Waals surface area contributed by atoms with Gasteiger partial charge in [0.1, 0.15) is 0 Å². The molecule has 1 nitrogen and oxygen atoms in total. The van der Waals surface area contributed by atoms with Gasteiger partial charge in [0.25, 0.3) is 0 Å². The number of aromatic nitrogens is 1. The van der Waals surface area contributed by atoms with Crippen LogP contribution in [0.25, 0.3) is 10.9 Å². The number of rotatable bonds is 1. The molecule has 0 unspecified atom stereocenters. The van der Waals surface area contributed by atoms with Crippen LogP contribution in [0.15, 0.2) is 24.4 Å². The number of halogens is 3. The van der Waals surface area contributed by atoms with E-state index in [1.165, 1.54) is 6.07 Å². The number of nitrogens with one attached hydrogen (secondary N) is 1. The second-order valence-electron chi connectivity index (χ2n) is 4.16. The fraction of sp³-hybridized carbons (Fsp3) is 0.333. The number of benzene rings is 1. The molecule has 0 bridgehead atoms. The maximum Gasteiger partial charge on any atom is 0.416 e. The average molecular weight is 227 g/mol. The molecule has 0 aliphatic carbocycles. The number of alkyl halides is 3. The molecule has 0 atom stereocenters. The Balaban J connectivity index is 2.72. The van der Waals surface area contributed by atoms with E-state index in [0.29, 0.717) is 10.9 Å². The molecule has 1 N–H and O–H groups in total. The van der Waals surface area contributed by atoms with E-state index in [1.807, 2.05) is 0 Å². The minimum atomic E-state index is -4.29. The smallest absolute Gasteiger partial charge is 0.361 e. The summed E-state index contributed by atoms with van der Waals surface area (Å²) in [5, 5.41) is 0.594. The third-order valence-electron chi connectivity index (χ3n) is 2.65. The first kappa shape index (κ1) is 11.0. The van der Waals surface area contributed by atoms with Gasteiger partial charge in [0.05, 0.1) is 5.56 Å². The largest absolute Gasteiger partial charge is 0.416 e. The Hall–Kier alpha value is -1.45. The standard InChI is InChI=1S/C12H12F3N/c1-7(2)9-6-11-8(3-4-16-11)5-10(9)12(13,14)15/h3-7,16H,1-2H3. The fourth-order valence-corrected chi connectivity index (χ4v) is 1.84. The summed E-state index contributed by atoms with van der Waals surface area (Å²) in [4.78, 5) is 2.93. The Morgan fingerprint density at radius 1 is 1.19 bits per heavy atom. The minimum absolute atomic E-state index is 0.149. The van der Waals surface area contributed by atoms with Crippen molar-refractivity contribution < 1.29 is 13.2 Å². The van der Waals surface area contributed by atoms with Crippen LogP contribution >= 0.6 is 0 Å². The fourth-order valence-electron chi connectivity index (χ4n) is 1.84. The van der Waals surface area contributed by atoms with Crippen LogP contribution in [0.1, 0.15) is 30.9 Å².